The molecular weight excluding hydrogens is 220 g/mol. The molecule has 18 heavy (non-hydrogen) atoms. The standard InChI is InChI=1S/C16H20N2/c1-5-6-7-10-14(3)17-15(4)18-16-11-8-9-13(2)12-16/h5-12H,3H2,1-2,4H3,(H,17,18)/b6-5-,10-7-. The van der Waals surface area contributed by atoms with Crippen LogP contribution in [0.25, 0.3) is 0 Å². The predicted octanol–water partition coefficient (Wildman–Crippen LogP) is 4.28. The second kappa shape index (κ2) is 7.28. The van der Waals surface area contributed by atoms with Crippen molar-refractivity contribution in [1.82, 2.24) is 5.32 Å². The third-order valence-electron chi connectivity index (χ3n) is 2.24. The van der Waals surface area contributed by atoms with E-state index in [0.29, 0.717) is 0 Å². The molecule has 1 aromatic carbocycles. The monoisotopic (exact) mass is 240 g/mol. The van der Waals surface area contributed by atoms with Gasteiger partial charge in [0.25, 0.3) is 0 Å². The zero-order valence-corrected chi connectivity index (χ0v) is 11.3. The van der Waals surface area contributed by atoms with Gasteiger partial charge in [-0.15, -0.1) is 0 Å². The smallest absolute Gasteiger partial charge is 0.103 e. The van der Waals surface area contributed by atoms with Gasteiger partial charge in [0, 0.05) is 5.70 Å². The van der Waals surface area contributed by atoms with Crippen LogP contribution >= 0.6 is 0 Å². The maximum atomic E-state index is 4.48. The molecule has 0 spiro atoms. The summed E-state index contributed by atoms with van der Waals surface area (Å²) in [5, 5.41) is 3.14. The van der Waals surface area contributed by atoms with Crippen molar-refractivity contribution in [3.63, 3.8) is 0 Å². The summed E-state index contributed by atoms with van der Waals surface area (Å²) in [6, 6.07) is 8.09. The van der Waals surface area contributed by atoms with Gasteiger partial charge in [-0.25, -0.2) is 4.99 Å². The number of benzene rings is 1. The molecule has 1 rings (SSSR count). The third-order valence-corrected chi connectivity index (χ3v) is 2.24. The molecule has 94 valence electrons. The summed E-state index contributed by atoms with van der Waals surface area (Å²) in [7, 11) is 0. The van der Waals surface area contributed by atoms with Gasteiger partial charge in [-0.05, 0) is 44.5 Å². The molecule has 0 radical (unpaired) electrons. The van der Waals surface area contributed by atoms with Crippen LogP contribution in [0.2, 0.25) is 0 Å². The molecule has 0 heterocycles. The number of rotatable bonds is 4. The Balaban J connectivity index is 2.65. The maximum Gasteiger partial charge on any atom is 0.103 e. The number of hydrogen-bond acceptors (Lipinski definition) is 1. The Hall–Kier alpha value is -2.09. The van der Waals surface area contributed by atoms with Crippen molar-refractivity contribution in [2.45, 2.75) is 20.8 Å². The number of nitrogens with one attached hydrogen (secondary N) is 1. The molecule has 0 amide bonds. The first kappa shape index (κ1) is 14.0. The fourth-order valence-corrected chi connectivity index (χ4v) is 1.48. The summed E-state index contributed by atoms with van der Waals surface area (Å²) in [4.78, 5) is 4.48. The van der Waals surface area contributed by atoms with Crippen LogP contribution in [0, 0.1) is 6.92 Å². The summed E-state index contributed by atoms with van der Waals surface area (Å²) < 4.78 is 0. The van der Waals surface area contributed by atoms with Crippen molar-refractivity contribution in [3.05, 3.63) is 66.4 Å². The number of amidine groups is 1. The van der Waals surface area contributed by atoms with Gasteiger partial charge in [-0.1, -0.05) is 36.9 Å². The van der Waals surface area contributed by atoms with E-state index in [0.717, 1.165) is 17.2 Å². The van der Waals surface area contributed by atoms with E-state index in [1.165, 1.54) is 5.56 Å². The third kappa shape index (κ3) is 5.30. The van der Waals surface area contributed by atoms with Crippen LogP contribution in [0.15, 0.2) is 65.8 Å². The van der Waals surface area contributed by atoms with Crippen molar-refractivity contribution in [2.24, 2.45) is 4.99 Å². The first-order chi connectivity index (χ1) is 8.61. The van der Waals surface area contributed by atoms with E-state index < -0.39 is 0 Å². The van der Waals surface area contributed by atoms with E-state index >= 15 is 0 Å². The topological polar surface area (TPSA) is 24.4 Å². The van der Waals surface area contributed by atoms with Crippen LogP contribution < -0.4 is 5.32 Å². The summed E-state index contributed by atoms with van der Waals surface area (Å²) in [5.41, 5.74) is 2.98. The van der Waals surface area contributed by atoms with Crippen molar-refractivity contribution < 1.29 is 0 Å². The lowest BCUT2D eigenvalue weighted by atomic mass is 10.2. The van der Waals surface area contributed by atoms with E-state index in [1.807, 2.05) is 56.4 Å². The summed E-state index contributed by atoms with van der Waals surface area (Å²) in [5.74, 6) is 0.829. The van der Waals surface area contributed by atoms with E-state index in [1.54, 1.807) is 0 Å². The van der Waals surface area contributed by atoms with E-state index in [9.17, 15) is 0 Å². The second-order valence-corrected chi connectivity index (χ2v) is 4.07. The highest BCUT2D eigenvalue weighted by atomic mass is 15.0. The van der Waals surface area contributed by atoms with Gasteiger partial charge < -0.3 is 5.32 Å². The summed E-state index contributed by atoms with van der Waals surface area (Å²) in [6.45, 7) is 9.87. The lowest BCUT2D eigenvalue weighted by Crippen LogP contribution is -2.17. The van der Waals surface area contributed by atoms with Crippen LogP contribution in [0.5, 0.6) is 0 Å². The van der Waals surface area contributed by atoms with Crippen LogP contribution in [0.1, 0.15) is 19.4 Å². The average Bonchev–Trinajstić information content (AvgIpc) is 2.29. The molecule has 0 unspecified atom stereocenters. The Morgan fingerprint density at radius 2 is 2.11 bits per heavy atom. The Kier molecular flexibility index (Phi) is 5.65. The lowest BCUT2D eigenvalue weighted by Gasteiger charge is -2.05. The minimum Gasteiger partial charge on any atom is -0.344 e. The van der Waals surface area contributed by atoms with Crippen molar-refractivity contribution in [2.75, 3.05) is 0 Å². The molecular formula is C16H20N2. The zero-order valence-electron chi connectivity index (χ0n) is 11.3. The molecule has 0 aromatic heterocycles. The average molecular weight is 240 g/mol. The number of aliphatic imine (C=N–C) groups is 1. The van der Waals surface area contributed by atoms with Crippen LogP contribution in [-0.4, -0.2) is 5.84 Å². The SMILES string of the molecule is C=C(/C=C\C=C/C)NC(C)=Nc1cccc(C)c1. The molecule has 0 aliphatic carbocycles. The van der Waals surface area contributed by atoms with Gasteiger partial charge in [-0.3, -0.25) is 0 Å². The first-order valence-electron chi connectivity index (χ1n) is 5.99. The van der Waals surface area contributed by atoms with Gasteiger partial charge in [-0.2, -0.15) is 0 Å². The van der Waals surface area contributed by atoms with Crippen LogP contribution in [0.4, 0.5) is 5.69 Å². The van der Waals surface area contributed by atoms with E-state index in [-0.39, 0.29) is 0 Å². The molecule has 0 aliphatic heterocycles. The van der Waals surface area contributed by atoms with E-state index in [2.05, 4.69) is 29.9 Å². The molecule has 2 heteroatoms. The van der Waals surface area contributed by atoms with Gasteiger partial charge in [0.2, 0.25) is 0 Å². The molecule has 0 saturated heterocycles. The molecule has 0 saturated carbocycles. The highest BCUT2D eigenvalue weighted by Crippen LogP contribution is 2.13. The highest BCUT2D eigenvalue weighted by Gasteiger charge is 1.93. The molecule has 1 aromatic rings. The molecule has 0 fully saturated rings. The number of hydrogen-bond donors (Lipinski definition) is 1. The molecule has 0 aliphatic rings. The van der Waals surface area contributed by atoms with Gasteiger partial charge in [0.15, 0.2) is 0 Å². The summed E-state index contributed by atoms with van der Waals surface area (Å²) in [6.07, 6.45) is 7.78. The Bertz CT molecular complexity index is 494. The Morgan fingerprint density at radius 3 is 2.78 bits per heavy atom. The first-order valence-corrected chi connectivity index (χ1v) is 5.99. The molecule has 2 nitrogen and oxygen atoms in total. The number of allylic oxidation sites excluding steroid dienone is 4. The fraction of sp³-hybridized carbons (Fsp3) is 0.188. The van der Waals surface area contributed by atoms with Gasteiger partial charge in [0.05, 0.1) is 5.69 Å². The quantitative estimate of drug-likeness (QED) is 0.474. The summed E-state index contributed by atoms with van der Waals surface area (Å²) >= 11 is 0. The lowest BCUT2D eigenvalue weighted by molar-refractivity contribution is 1.16. The minimum absolute atomic E-state index is 0.821. The van der Waals surface area contributed by atoms with E-state index in [4.69, 9.17) is 0 Å². The maximum absolute atomic E-state index is 4.48. The number of aryl methyl sites for hydroxylation is 1. The molecule has 1 N–H and O–H groups in total. The van der Waals surface area contributed by atoms with Gasteiger partial charge >= 0.3 is 0 Å². The van der Waals surface area contributed by atoms with Gasteiger partial charge in [0.1, 0.15) is 5.84 Å². The second-order valence-electron chi connectivity index (χ2n) is 4.07. The molecule has 0 bridgehead atoms. The largest absolute Gasteiger partial charge is 0.344 e. The zero-order chi connectivity index (χ0) is 13.4. The van der Waals surface area contributed by atoms with Crippen LogP contribution in [0.3, 0.4) is 0 Å². The molecule has 0 atom stereocenters. The van der Waals surface area contributed by atoms with Crippen molar-refractivity contribution >= 4 is 11.5 Å². The predicted molar refractivity (Wildman–Crippen MR) is 80.2 cm³/mol. The Morgan fingerprint density at radius 1 is 1.33 bits per heavy atom. The Labute approximate surface area is 109 Å². The normalized spacial score (nSPS) is 12.3. The highest BCUT2D eigenvalue weighted by molar-refractivity contribution is 5.84. The fourth-order valence-electron chi connectivity index (χ4n) is 1.48. The van der Waals surface area contributed by atoms with Crippen LogP contribution in [-0.2, 0) is 0 Å². The van der Waals surface area contributed by atoms with Crippen molar-refractivity contribution in [3.8, 4) is 0 Å². The number of nitrogens with zero attached hydrogens (tertiary/aromatic N) is 1. The minimum atomic E-state index is 0.821. The van der Waals surface area contributed by atoms with Crippen molar-refractivity contribution in [1.29, 1.82) is 0 Å².